The smallest absolute Gasteiger partial charge is 0.338 e. The molecule has 1 N–H and O–H groups in total. The molecule has 5 rings (SSSR count). The summed E-state index contributed by atoms with van der Waals surface area (Å²) < 4.78 is 7.20. The maximum absolute atomic E-state index is 13.6. The van der Waals surface area contributed by atoms with E-state index in [2.05, 4.69) is 34.1 Å². The van der Waals surface area contributed by atoms with Gasteiger partial charge in [0, 0.05) is 16.8 Å². The van der Waals surface area contributed by atoms with Crippen molar-refractivity contribution in [2.75, 3.05) is 11.9 Å². The van der Waals surface area contributed by atoms with Crippen LogP contribution < -0.4 is 5.32 Å². The van der Waals surface area contributed by atoms with Crippen molar-refractivity contribution in [2.45, 2.75) is 19.5 Å². The first kappa shape index (κ1) is 21.0. The van der Waals surface area contributed by atoms with Gasteiger partial charge in [-0.3, -0.25) is 0 Å². The SMILES string of the molecule is CCOC(=O)c1ccc(NC(=O)N2Cc3ccccc3-n3cccc3[C@H]2c2cccs2)cc1. The van der Waals surface area contributed by atoms with E-state index in [-0.39, 0.29) is 18.0 Å². The number of aromatic nitrogens is 1. The lowest BCUT2D eigenvalue weighted by molar-refractivity contribution is 0.0526. The van der Waals surface area contributed by atoms with Gasteiger partial charge in [0.05, 0.1) is 30.1 Å². The van der Waals surface area contributed by atoms with Crippen molar-refractivity contribution in [3.8, 4) is 5.69 Å². The Morgan fingerprint density at radius 3 is 2.61 bits per heavy atom. The second kappa shape index (κ2) is 8.96. The van der Waals surface area contributed by atoms with Crippen molar-refractivity contribution in [3.05, 3.63) is 106 Å². The van der Waals surface area contributed by atoms with Gasteiger partial charge in [0.1, 0.15) is 6.04 Å². The second-order valence-corrected chi connectivity index (χ2v) is 8.68. The van der Waals surface area contributed by atoms with Crippen LogP contribution in [-0.4, -0.2) is 28.1 Å². The zero-order chi connectivity index (χ0) is 22.8. The van der Waals surface area contributed by atoms with Crippen molar-refractivity contribution in [2.24, 2.45) is 0 Å². The Kier molecular flexibility index (Phi) is 5.71. The van der Waals surface area contributed by atoms with Crippen LogP contribution in [-0.2, 0) is 11.3 Å². The number of nitrogens with one attached hydrogen (secondary N) is 1. The van der Waals surface area contributed by atoms with Crippen LogP contribution in [0.2, 0.25) is 0 Å². The minimum atomic E-state index is -0.377. The molecular formula is C26H23N3O3S. The standard InChI is InChI=1S/C26H23N3O3S/c1-2-32-25(30)18-11-13-20(14-12-18)27-26(31)29-17-19-7-3-4-8-21(19)28-15-5-9-22(28)24(29)23-10-6-16-33-23/h3-16,24H,2,17H2,1H3,(H,27,31)/t24-/m0/s1. The maximum atomic E-state index is 13.6. The summed E-state index contributed by atoms with van der Waals surface area (Å²) in [6.45, 7) is 2.55. The van der Waals surface area contributed by atoms with E-state index in [0.29, 0.717) is 24.4 Å². The minimum absolute atomic E-state index is 0.207. The number of hydrogen-bond donors (Lipinski definition) is 1. The number of nitrogens with zero attached hydrogens (tertiary/aromatic N) is 2. The van der Waals surface area contributed by atoms with Crippen molar-refractivity contribution >= 4 is 29.0 Å². The van der Waals surface area contributed by atoms with E-state index < -0.39 is 0 Å². The molecule has 7 heteroatoms. The lowest BCUT2D eigenvalue weighted by atomic mass is 10.1. The van der Waals surface area contributed by atoms with Crippen molar-refractivity contribution < 1.29 is 14.3 Å². The molecule has 4 aromatic rings. The van der Waals surface area contributed by atoms with Crippen LogP contribution in [0, 0.1) is 0 Å². The summed E-state index contributed by atoms with van der Waals surface area (Å²) in [6.07, 6.45) is 2.05. The number of carbonyl (C=O) groups is 2. The number of hydrogen-bond acceptors (Lipinski definition) is 4. The largest absolute Gasteiger partial charge is 0.462 e. The number of fused-ring (bicyclic) bond motifs is 3. The number of amides is 2. The van der Waals surface area contributed by atoms with Gasteiger partial charge >= 0.3 is 12.0 Å². The highest BCUT2D eigenvalue weighted by atomic mass is 32.1. The Balaban J connectivity index is 1.49. The van der Waals surface area contributed by atoms with Crippen LogP contribution in [0.25, 0.3) is 5.69 Å². The molecule has 0 fully saturated rings. The average Bonchev–Trinajstić information content (AvgIpc) is 3.51. The summed E-state index contributed by atoms with van der Waals surface area (Å²) in [5.74, 6) is -0.377. The van der Waals surface area contributed by atoms with Gasteiger partial charge in [0.2, 0.25) is 0 Å². The van der Waals surface area contributed by atoms with Gasteiger partial charge in [-0.15, -0.1) is 11.3 Å². The van der Waals surface area contributed by atoms with E-state index in [9.17, 15) is 9.59 Å². The van der Waals surface area contributed by atoms with Crippen molar-refractivity contribution in [1.82, 2.24) is 9.47 Å². The van der Waals surface area contributed by atoms with Gasteiger partial charge in [-0.05, 0) is 66.4 Å². The summed E-state index contributed by atoms with van der Waals surface area (Å²) in [4.78, 5) is 28.5. The molecule has 1 aliphatic rings. The fourth-order valence-corrected chi connectivity index (χ4v) is 5.03. The highest BCUT2D eigenvalue weighted by Crippen LogP contribution is 2.38. The van der Waals surface area contributed by atoms with E-state index in [1.165, 1.54) is 0 Å². The highest BCUT2D eigenvalue weighted by Gasteiger charge is 2.33. The summed E-state index contributed by atoms with van der Waals surface area (Å²) in [5.41, 5.74) is 4.25. The monoisotopic (exact) mass is 457 g/mol. The summed E-state index contributed by atoms with van der Waals surface area (Å²) in [6, 6.07) is 22.6. The number of thiophene rings is 1. The molecule has 2 aromatic carbocycles. The Bertz CT molecular complexity index is 1280. The van der Waals surface area contributed by atoms with Crippen molar-refractivity contribution in [1.29, 1.82) is 0 Å². The van der Waals surface area contributed by atoms with Crippen molar-refractivity contribution in [3.63, 3.8) is 0 Å². The number of esters is 1. The Morgan fingerprint density at radius 2 is 1.85 bits per heavy atom. The number of urea groups is 1. The van der Waals surface area contributed by atoms with E-state index in [0.717, 1.165) is 21.8 Å². The molecule has 1 aliphatic heterocycles. The van der Waals surface area contributed by atoms with Crippen LogP contribution in [0.5, 0.6) is 0 Å². The molecule has 33 heavy (non-hydrogen) atoms. The summed E-state index contributed by atoms with van der Waals surface area (Å²) in [5, 5.41) is 5.05. The molecule has 2 aromatic heterocycles. The summed E-state index contributed by atoms with van der Waals surface area (Å²) >= 11 is 1.64. The predicted molar refractivity (Wildman–Crippen MR) is 129 cm³/mol. The van der Waals surface area contributed by atoms with E-state index in [1.54, 1.807) is 42.5 Å². The lowest BCUT2D eigenvalue weighted by Crippen LogP contribution is -2.37. The molecule has 0 aliphatic carbocycles. The minimum Gasteiger partial charge on any atom is -0.462 e. The second-order valence-electron chi connectivity index (χ2n) is 7.71. The number of carbonyl (C=O) groups excluding carboxylic acids is 2. The third kappa shape index (κ3) is 4.03. The first-order valence-corrected chi connectivity index (χ1v) is 11.7. The molecule has 0 saturated carbocycles. The van der Waals surface area contributed by atoms with Gasteiger partial charge in [0.15, 0.2) is 0 Å². The zero-order valence-corrected chi connectivity index (χ0v) is 18.9. The number of anilines is 1. The molecule has 0 spiro atoms. The van der Waals surface area contributed by atoms with Crippen LogP contribution in [0.4, 0.5) is 10.5 Å². The first-order valence-electron chi connectivity index (χ1n) is 10.8. The molecule has 0 unspecified atom stereocenters. The highest BCUT2D eigenvalue weighted by molar-refractivity contribution is 7.10. The Labute approximate surface area is 196 Å². The van der Waals surface area contributed by atoms with Crippen LogP contribution in [0.1, 0.15) is 39.5 Å². The quantitative estimate of drug-likeness (QED) is 0.391. The molecule has 2 amide bonds. The average molecular weight is 458 g/mol. The maximum Gasteiger partial charge on any atom is 0.338 e. The normalized spacial score (nSPS) is 14.7. The third-order valence-corrected chi connectivity index (χ3v) is 6.61. The van der Waals surface area contributed by atoms with E-state index in [1.807, 2.05) is 40.7 Å². The lowest BCUT2D eigenvalue weighted by Gasteiger charge is -2.30. The number of para-hydroxylation sites is 1. The molecule has 3 heterocycles. The van der Waals surface area contributed by atoms with Gasteiger partial charge in [-0.1, -0.05) is 24.3 Å². The fraction of sp³-hybridized carbons (Fsp3) is 0.154. The number of rotatable bonds is 4. The van der Waals surface area contributed by atoms with E-state index in [4.69, 9.17) is 4.74 Å². The van der Waals surface area contributed by atoms with E-state index >= 15 is 0 Å². The fourth-order valence-electron chi connectivity index (χ4n) is 4.18. The first-order chi connectivity index (χ1) is 16.2. The molecule has 0 saturated heterocycles. The van der Waals surface area contributed by atoms with Crippen LogP contribution in [0.15, 0.2) is 84.4 Å². The zero-order valence-electron chi connectivity index (χ0n) is 18.1. The molecule has 166 valence electrons. The van der Waals surface area contributed by atoms with Gasteiger partial charge in [0.25, 0.3) is 0 Å². The number of ether oxygens (including phenoxy) is 1. The predicted octanol–water partition coefficient (Wildman–Crippen LogP) is 5.85. The molecule has 1 atom stereocenters. The Morgan fingerprint density at radius 1 is 1.03 bits per heavy atom. The molecular weight excluding hydrogens is 434 g/mol. The topological polar surface area (TPSA) is 63.6 Å². The number of benzene rings is 2. The summed E-state index contributed by atoms with van der Waals surface area (Å²) in [7, 11) is 0. The Hall–Kier alpha value is -3.84. The van der Waals surface area contributed by atoms with Gasteiger partial charge < -0.3 is 19.5 Å². The van der Waals surface area contributed by atoms with Gasteiger partial charge in [-0.25, -0.2) is 9.59 Å². The van der Waals surface area contributed by atoms with Gasteiger partial charge in [-0.2, -0.15) is 0 Å². The van der Waals surface area contributed by atoms with Crippen LogP contribution in [0.3, 0.4) is 0 Å². The van der Waals surface area contributed by atoms with Crippen LogP contribution >= 0.6 is 11.3 Å². The molecule has 0 bridgehead atoms. The molecule has 6 nitrogen and oxygen atoms in total. The third-order valence-electron chi connectivity index (χ3n) is 5.68. The molecule has 0 radical (unpaired) electrons.